The zero-order chi connectivity index (χ0) is 14.2. The molecule has 2 aliphatic heterocycles. The van der Waals surface area contributed by atoms with Gasteiger partial charge in [-0.1, -0.05) is 11.6 Å². The van der Waals surface area contributed by atoms with Gasteiger partial charge in [0.25, 0.3) is 5.91 Å². The lowest BCUT2D eigenvalue weighted by atomic mass is 9.78. The summed E-state index contributed by atoms with van der Waals surface area (Å²) in [5.74, 6) is -0.582. The van der Waals surface area contributed by atoms with Crippen molar-refractivity contribution in [3.05, 3.63) is 34.6 Å². The van der Waals surface area contributed by atoms with E-state index < -0.39 is 5.82 Å². The number of benzene rings is 1. The summed E-state index contributed by atoms with van der Waals surface area (Å²) < 4.78 is 13.3. The number of likely N-dealkylation sites (tertiary alicyclic amines) is 1. The van der Waals surface area contributed by atoms with Crippen LogP contribution < -0.4 is 5.32 Å². The molecule has 1 spiro atoms. The van der Waals surface area contributed by atoms with Gasteiger partial charge in [0.2, 0.25) is 0 Å². The first-order chi connectivity index (χ1) is 9.58. The van der Waals surface area contributed by atoms with Crippen molar-refractivity contribution in [2.45, 2.75) is 19.3 Å². The normalized spacial score (nSPS) is 21.4. The molecule has 1 amide bonds. The number of nitrogens with one attached hydrogen (secondary N) is 1. The molecule has 108 valence electrons. The number of hydrogen-bond donors (Lipinski definition) is 1. The van der Waals surface area contributed by atoms with E-state index in [2.05, 4.69) is 5.32 Å². The van der Waals surface area contributed by atoms with Crippen LogP contribution in [0.2, 0.25) is 5.02 Å². The number of nitrogens with zero attached hydrogens (tertiary/aromatic N) is 1. The first kappa shape index (κ1) is 13.8. The summed E-state index contributed by atoms with van der Waals surface area (Å²) in [6, 6.07) is 4.01. The fourth-order valence-corrected chi connectivity index (χ4v) is 3.49. The lowest BCUT2D eigenvalue weighted by Crippen LogP contribution is -2.44. The van der Waals surface area contributed by atoms with Gasteiger partial charge in [-0.15, -0.1) is 0 Å². The number of rotatable bonds is 1. The molecule has 2 saturated heterocycles. The largest absolute Gasteiger partial charge is 0.339 e. The Morgan fingerprint density at radius 1 is 1.25 bits per heavy atom. The number of piperidine rings is 1. The lowest BCUT2D eigenvalue weighted by Gasteiger charge is -2.38. The smallest absolute Gasteiger partial charge is 0.254 e. The Balaban J connectivity index is 1.69. The zero-order valence-electron chi connectivity index (χ0n) is 11.3. The van der Waals surface area contributed by atoms with Gasteiger partial charge in [0.1, 0.15) is 5.82 Å². The Kier molecular flexibility index (Phi) is 3.69. The summed E-state index contributed by atoms with van der Waals surface area (Å²) in [5.41, 5.74) is 0.714. The van der Waals surface area contributed by atoms with Crippen molar-refractivity contribution in [2.24, 2.45) is 5.41 Å². The highest BCUT2D eigenvalue weighted by atomic mass is 35.5. The molecule has 0 radical (unpaired) electrons. The van der Waals surface area contributed by atoms with Crippen LogP contribution in [-0.2, 0) is 0 Å². The Labute approximate surface area is 123 Å². The number of carbonyl (C=O) groups excluding carboxylic acids is 1. The van der Waals surface area contributed by atoms with E-state index >= 15 is 0 Å². The van der Waals surface area contributed by atoms with E-state index in [1.165, 1.54) is 24.6 Å². The summed E-state index contributed by atoms with van der Waals surface area (Å²) in [6.07, 6.45) is 3.24. The Bertz CT molecular complexity index is 498. The Hall–Kier alpha value is -1.13. The van der Waals surface area contributed by atoms with Crippen molar-refractivity contribution in [3.8, 4) is 0 Å². The minimum Gasteiger partial charge on any atom is -0.339 e. The second-order valence-corrected chi connectivity index (χ2v) is 6.31. The molecule has 2 fully saturated rings. The second-order valence-electron chi connectivity index (χ2n) is 5.88. The predicted molar refractivity (Wildman–Crippen MR) is 76.5 cm³/mol. The van der Waals surface area contributed by atoms with Gasteiger partial charge in [0, 0.05) is 30.2 Å². The van der Waals surface area contributed by atoms with Crippen molar-refractivity contribution in [1.82, 2.24) is 10.2 Å². The van der Waals surface area contributed by atoms with E-state index in [4.69, 9.17) is 11.6 Å². The molecule has 2 heterocycles. The van der Waals surface area contributed by atoms with E-state index in [1.807, 2.05) is 4.90 Å². The topological polar surface area (TPSA) is 32.3 Å². The molecule has 0 bridgehead atoms. The molecular formula is C15H18ClFN2O. The minimum absolute atomic E-state index is 0.118. The molecule has 0 aliphatic carbocycles. The third-order valence-corrected chi connectivity index (χ3v) is 4.77. The minimum atomic E-state index is -0.464. The molecule has 20 heavy (non-hydrogen) atoms. The van der Waals surface area contributed by atoms with Gasteiger partial charge in [0.15, 0.2) is 0 Å². The highest BCUT2D eigenvalue weighted by molar-refractivity contribution is 6.31. The highest BCUT2D eigenvalue weighted by Crippen LogP contribution is 2.37. The van der Waals surface area contributed by atoms with Crippen molar-refractivity contribution in [2.75, 3.05) is 26.2 Å². The van der Waals surface area contributed by atoms with Crippen LogP contribution in [0.4, 0.5) is 4.39 Å². The Morgan fingerprint density at radius 2 is 2.00 bits per heavy atom. The maximum atomic E-state index is 13.3. The van der Waals surface area contributed by atoms with Crippen LogP contribution in [0.3, 0.4) is 0 Å². The molecule has 5 heteroatoms. The van der Waals surface area contributed by atoms with Crippen molar-refractivity contribution >= 4 is 17.5 Å². The van der Waals surface area contributed by atoms with Gasteiger partial charge in [-0.3, -0.25) is 4.79 Å². The molecular weight excluding hydrogens is 279 g/mol. The summed E-state index contributed by atoms with van der Waals surface area (Å²) in [4.78, 5) is 14.2. The maximum Gasteiger partial charge on any atom is 0.254 e. The fraction of sp³-hybridized carbons (Fsp3) is 0.533. The molecule has 0 unspecified atom stereocenters. The van der Waals surface area contributed by atoms with Crippen LogP contribution in [0.15, 0.2) is 18.2 Å². The number of halogens is 2. The molecule has 1 aromatic carbocycles. The summed E-state index contributed by atoms with van der Waals surface area (Å²) in [7, 11) is 0. The lowest BCUT2D eigenvalue weighted by molar-refractivity contribution is 0.0607. The highest BCUT2D eigenvalue weighted by Gasteiger charge is 2.38. The average molecular weight is 297 g/mol. The van der Waals surface area contributed by atoms with Crippen LogP contribution in [0, 0.1) is 11.2 Å². The van der Waals surface area contributed by atoms with Gasteiger partial charge in [-0.25, -0.2) is 4.39 Å². The fourth-order valence-electron chi connectivity index (χ4n) is 3.27. The van der Waals surface area contributed by atoms with E-state index in [9.17, 15) is 9.18 Å². The molecule has 3 nitrogen and oxygen atoms in total. The van der Waals surface area contributed by atoms with Crippen LogP contribution in [0.5, 0.6) is 0 Å². The van der Waals surface area contributed by atoms with E-state index in [0.29, 0.717) is 11.0 Å². The molecule has 2 aliphatic rings. The molecule has 0 aromatic heterocycles. The third kappa shape index (κ3) is 2.67. The SMILES string of the molecule is O=C(c1cc(F)cc(Cl)c1)N1CCC2(CCNC2)CC1. The molecule has 1 aromatic rings. The standard InChI is InChI=1S/C15H18ClFN2O/c16-12-7-11(8-13(17)9-12)14(20)19-5-2-15(3-6-19)1-4-18-10-15/h7-9,18H,1-6,10H2. The number of carbonyl (C=O) groups is 1. The number of amides is 1. The van der Waals surface area contributed by atoms with Gasteiger partial charge in [-0.05, 0) is 49.4 Å². The van der Waals surface area contributed by atoms with Crippen molar-refractivity contribution in [1.29, 1.82) is 0 Å². The molecule has 0 saturated carbocycles. The average Bonchev–Trinajstić information content (AvgIpc) is 2.86. The van der Waals surface area contributed by atoms with Crippen molar-refractivity contribution < 1.29 is 9.18 Å². The first-order valence-corrected chi connectivity index (χ1v) is 7.42. The van der Waals surface area contributed by atoms with Crippen LogP contribution >= 0.6 is 11.6 Å². The van der Waals surface area contributed by atoms with Crippen molar-refractivity contribution in [3.63, 3.8) is 0 Å². The van der Waals surface area contributed by atoms with Crippen LogP contribution in [0.1, 0.15) is 29.6 Å². The monoisotopic (exact) mass is 296 g/mol. The van der Waals surface area contributed by atoms with Gasteiger partial charge < -0.3 is 10.2 Å². The van der Waals surface area contributed by atoms with E-state index in [0.717, 1.165) is 39.0 Å². The summed E-state index contributed by atoms with van der Waals surface area (Å²) in [6.45, 7) is 3.62. The second kappa shape index (κ2) is 5.34. The summed E-state index contributed by atoms with van der Waals surface area (Å²) >= 11 is 5.81. The van der Waals surface area contributed by atoms with Crippen LogP contribution in [-0.4, -0.2) is 37.0 Å². The van der Waals surface area contributed by atoms with Gasteiger partial charge >= 0.3 is 0 Å². The van der Waals surface area contributed by atoms with E-state index in [-0.39, 0.29) is 10.9 Å². The van der Waals surface area contributed by atoms with Crippen LogP contribution in [0.25, 0.3) is 0 Å². The maximum absolute atomic E-state index is 13.3. The zero-order valence-corrected chi connectivity index (χ0v) is 12.0. The summed E-state index contributed by atoms with van der Waals surface area (Å²) in [5, 5.41) is 3.67. The number of hydrogen-bond acceptors (Lipinski definition) is 2. The third-order valence-electron chi connectivity index (χ3n) is 4.55. The molecule has 1 N–H and O–H groups in total. The van der Waals surface area contributed by atoms with E-state index in [1.54, 1.807) is 0 Å². The molecule has 3 rings (SSSR count). The first-order valence-electron chi connectivity index (χ1n) is 7.04. The van der Waals surface area contributed by atoms with Gasteiger partial charge in [-0.2, -0.15) is 0 Å². The predicted octanol–water partition coefficient (Wildman–Crippen LogP) is 2.69. The molecule has 0 atom stereocenters. The van der Waals surface area contributed by atoms with Gasteiger partial charge in [0.05, 0.1) is 0 Å². The Morgan fingerprint density at radius 3 is 2.60 bits per heavy atom. The quantitative estimate of drug-likeness (QED) is 0.864.